The highest BCUT2D eigenvalue weighted by Crippen LogP contribution is 2.32. The molecule has 0 spiro atoms. The van der Waals surface area contributed by atoms with E-state index in [4.69, 9.17) is 16.7 Å². The number of fused-ring (bicyclic) bond motifs is 1. The van der Waals surface area contributed by atoms with Gasteiger partial charge < -0.3 is 9.84 Å². The summed E-state index contributed by atoms with van der Waals surface area (Å²) in [5.74, 6) is 0. The smallest absolute Gasteiger partial charge is 0.150 e. The second-order valence-corrected chi connectivity index (χ2v) is 6.03. The number of methoxy groups -OCH3 is 1. The predicted molar refractivity (Wildman–Crippen MR) is 105 cm³/mol. The zero-order valence-corrected chi connectivity index (χ0v) is 15.8. The van der Waals surface area contributed by atoms with Crippen LogP contribution in [0, 0.1) is 0 Å². The highest BCUT2D eigenvalue weighted by molar-refractivity contribution is 6.40. The summed E-state index contributed by atoms with van der Waals surface area (Å²) in [5.41, 5.74) is 5.77. The third-order valence-electron chi connectivity index (χ3n) is 3.90. The average Bonchev–Trinajstić information content (AvgIpc) is 2.86. The van der Waals surface area contributed by atoms with Crippen molar-refractivity contribution in [2.75, 3.05) is 27.9 Å². The van der Waals surface area contributed by atoms with Gasteiger partial charge in [0, 0.05) is 39.7 Å². The van der Waals surface area contributed by atoms with Crippen molar-refractivity contribution < 1.29 is 14.6 Å². The number of benzene rings is 1. The fraction of sp³-hybridized carbons (Fsp3) is 0.400. The lowest BCUT2D eigenvalue weighted by molar-refractivity contribution is 0.112. The van der Waals surface area contributed by atoms with Gasteiger partial charge in [-0.1, -0.05) is 29.8 Å². The number of aliphatic hydroxyl groups excluding tert-OH is 1. The first-order valence-electron chi connectivity index (χ1n) is 8.22. The molecule has 1 aromatic rings. The largest absolute Gasteiger partial charge is 0.400 e. The van der Waals surface area contributed by atoms with Crippen molar-refractivity contribution in [1.82, 2.24) is 0 Å². The summed E-state index contributed by atoms with van der Waals surface area (Å²) < 4.78 is 4.25. The number of halogens is 1. The van der Waals surface area contributed by atoms with Crippen LogP contribution in [-0.2, 0) is 11.2 Å². The van der Waals surface area contributed by atoms with Crippen LogP contribution in [0.2, 0.25) is 0 Å². The number of ether oxygens (including phenoxy) is 1. The first-order valence-corrected chi connectivity index (χ1v) is 8.59. The van der Waals surface area contributed by atoms with Crippen LogP contribution in [-0.4, -0.2) is 45.5 Å². The van der Waals surface area contributed by atoms with Crippen LogP contribution in [0.15, 0.2) is 39.4 Å². The minimum Gasteiger partial charge on any atom is -0.400 e. The van der Waals surface area contributed by atoms with Crippen molar-refractivity contribution in [2.45, 2.75) is 25.7 Å². The molecule has 2 aliphatic rings. The van der Waals surface area contributed by atoms with Crippen LogP contribution in [0.3, 0.4) is 0 Å². The van der Waals surface area contributed by atoms with E-state index in [1.807, 2.05) is 18.2 Å². The molecule has 3 rings (SSSR count). The van der Waals surface area contributed by atoms with E-state index in [0.717, 1.165) is 56.2 Å². The van der Waals surface area contributed by atoms with E-state index in [9.17, 15) is 4.79 Å². The van der Waals surface area contributed by atoms with Crippen molar-refractivity contribution >= 4 is 30.2 Å². The Hall–Kier alpha value is -1.75. The molecule has 1 aromatic carbocycles. The average molecular weight is 364 g/mol. The molecule has 0 bridgehead atoms. The van der Waals surface area contributed by atoms with Gasteiger partial charge >= 0.3 is 0 Å². The monoisotopic (exact) mass is 363 g/mol. The first-order chi connectivity index (χ1) is 12.2. The number of hydrogen-bond acceptors (Lipinski definition) is 4. The Morgan fingerprint density at radius 3 is 2.56 bits per heavy atom. The summed E-state index contributed by atoms with van der Waals surface area (Å²) in [6, 6.07) is 5.92. The minimum absolute atomic E-state index is 0.752. The molecule has 4 nitrogen and oxygen atoms in total. The predicted octanol–water partition coefficient (Wildman–Crippen LogP) is 4.06. The number of carbonyl (C=O) groups is 1. The summed E-state index contributed by atoms with van der Waals surface area (Å²) in [5, 5.41) is 7.77. The maximum atomic E-state index is 10.9. The summed E-state index contributed by atoms with van der Waals surface area (Å²) in [7, 11) is 4.25. The van der Waals surface area contributed by atoms with E-state index in [2.05, 4.69) is 15.8 Å². The number of aldehydes is 1. The molecule has 0 saturated carbocycles. The van der Waals surface area contributed by atoms with Crippen molar-refractivity contribution in [2.24, 2.45) is 4.99 Å². The van der Waals surface area contributed by atoms with E-state index < -0.39 is 0 Å². The molecular weight excluding hydrogens is 338 g/mol. The topological polar surface area (TPSA) is 58.9 Å². The number of aryl methyl sites for hydroxylation is 1. The van der Waals surface area contributed by atoms with Crippen LogP contribution >= 0.6 is 11.6 Å². The van der Waals surface area contributed by atoms with Crippen LogP contribution in [0.1, 0.15) is 40.7 Å². The van der Waals surface area contributed by atoms with Crippen LogP contribution in [0.25, 0.3) is 6.08 Å². The maximum absolute atomic E-state index is 10.9. The highest BCUT2D eigenvalue weighted by atomic mass is 35.5. The van der Waals surface area contributed by atoms with Crippen molar-refractivity contribution in [3.63, 3.8) is 0 Å². The van der Waals surface area contributed by atoms with Crippen molar-refractivity contribution in [1.29, 1.82) is 0 Å². The van der Waals surface area contributed by atoms with Gasteiger partial charge in [-0.2, -0.15) is 0 Å². The number of hydrogen-bond donors (Lipinski definition) is 1. The van der Waals surface area contributed by atoms with Crippen molar-refractivity contribution in [3.05, 3.63) is 51.1 Å². The van der Waals surface area contributed by atoms with Crippen LogP contribution in [0.5, 0.6) is 0 Å². The Kier molecular flexibility index (Phi) is 10.0. The summed E-state index contributed by atoms with van der Waals surface area (Å²) >= 11 is 6.29. The summed E-state index contributed by atoms with van der Waals surface area (Å²) in [6.45, 7) is 0.819. The third kappa shape index (κ3) is 6.24. The third-order valence-corrected chi connectivity index (χ3v) is 4.22. The molecule has 1 heterocycles. The number of carbonyl (C=O) groups excluding carboxylic acids is 1. The van der Waals surface area contributed by atoms with E-state index in [1.165, 1.54) is 22.3 Å². The fourth-order valence-corrected chi connectivity index (χ4v) is 3.14. The van der Waals surface area contributed by atoms with Gasteiger partial charge in [-0.3, -0.25) is 9.79 Å². The molecular formula is C20H26ClNO3. The number of rotatable bonds is 2. The Morgan fingerprint density at radius 2 is 1.92 bits per heavy atom. The van der Waals surface area contributed by atoms with Crippen LogP contribution < -0.4 is 0 Å². The molecule has 0 saturated heterocycles. The molecule has 0 amide bonds. The van der Waals surface area contributed by atoms with Crippen molar-refractivity contribution in [3.8, 4) is 0 Å². The SMILES string of the molecule is CO.COC.O=Cc1ccc2c(c1)CCCC(C1=C(Cl)C=NCC1)=C2. The second-order valence-electron chi connectivity index (χ2n) is 5.62. The van der Waals surface area contributed by atoms with Gasteiger partial charge in [0.15, 0.2) is 0 Å². The summed E-state index contributed by atoms with van der Waals surface area (Å²) in [6.07, 6.45) is 8.96. The number of aliphatic imine (C=N–C) groups is 1. The van der Waals surface area contributed by atoms with Gasteiger partial charge in [-0.15, -0.1) is 0 Å². The molecule has 1 aliphatic heterocycles. The molecule has 25 heavy (non-hydrogen) atoms. The highest BCUT2D eigenvalue weighted by Gasteiger charge is 2.16. The Bertz CT molecular complexity index is 663. The molecule has 0 fully saturated rings. The van der Waals surface area contributed by atoms with E-state index in [1.54, 1.807) is 20.4 Å². The number of dihydropyridines is 1. The lowest BCUT2D eigenvalue weighted by atomic mass is 9.96. The van der Waals surface area contributed by atoms with Gasteiger partial charge in [0.05, 0.1) is 5.03 Å². The standard InChI is InChI=1S/C17H16ClNO.C2H6O.CH4O/c18-17-10-19-7-6-16(17)15-3-1-2-13-8-12(11-20)4-5-14(13)9-15;1-3-2;1-2/h4-5,8-11H,1-3,6-7H2;1-2H3;2H,1H3. The van der Waals surface area contributed by atoms with Crippen LogP contribution in [0.4, 0.5) is 0 Å². The molecule has 1 N–H and O–H groups in total. The number of allylic oxidation sites excluding steroid dienone is 2. The lowest BCUT2D eigenvalue weighted by Gasteiger charge is -2.14. The number of nitrogens with zero attached hydrogens (tertiary/aromatic N) is 1. The minimum atomic E-state index is 0.752. The number of aliphatic hydroxyl groups is 1. The Labute approximate surface area is 154 Å². The zero-order valence-electron chi connectivity index (χ0n) is 15.1. The van der Waals surface area contributed by atoms with E-state index >= 15 is 0 Å². The van der Waals surface area contributed by atoms with Gasteiger partial charge in [0.1, 0.15) is 6.29 Å². The fourth-order valence-electron chi connectivity index (χ4n) is 2.86. The molecule has 0 atom stereocenters. The lowest BCUT2D eigenvalue weighted by Crippen LogP contribution is -2.01. The first kappa shape index (κ1) is 21.3. The van der Waals surface area contributed by atoms with Gasteiger partial charge in [0.2, 0.25) is 0 Å². The molecule has 5 heteroatoms. The molecule has 0 aromatic heterocycles. The molecule has 0 radical (unpaired) electrons. The summed E-state index contributed by atoms with van der Waals surface area (Å²) in [4.78, 5) is 15.1. The Balaban J connectivity index is 0.000000567. The normalized spacial score (nSPS) is 15.6. The maximum Gasteiger partial charge on any atom is 0.150 e. The Morgan fingerprint density at radius 1 is 1.20 bits per heavy atom. The van der Waals surface area contributed by atoms with E-state index in [-0.39, 0.29) is 0 Å². The van der Waals surface area contributed by atoms with Gasteiger partial charge in [-0.25, -0.2) is 0 Å². The second kappa shape index (κ2) is 11.7. The van der Waals surface area contributed by atoms with E-state index in [0.29, 0.717) is 0 Å². The zero-order chi connectivity index (χ0) is 18.7. The quantitative estimate of drug-likeness (QED) is 0.806. The van der Waals surface area contributed by atoms with Gasteiger partial charge in [-0.05, 0) is 54.0 Å². The molecule has 0 unspecified atom stereocenters. The van der Waals surface area contributed by atoms with Gasteiger partial charge in [0.25, 0.3) is 0 Å². The molecule has 136 valence electrons. The molecule has 1 aliphatic carbocycles.